The molecule has 0 N–H and O–H groups in total. The van der Waals surface area contributed by atoms with Crippen LogP contribution in [-0.4, -0.2) is 0 Å². The molecule has 1 heteroatoms. The van der Waals surface area contributed by atoms with E-state index in [1.807, 2.05) is 78.8 Å². The number of hydrogen-bond acceptors (Lipinski definition) is 1. The predicted molar refractivity (Wildman–Crippen MR) is 101 cm³/mol. The fraction of sp³-hybridized carbons (Fsp3) is 0.400. The lowest BCUT2D eigenvalue weighted by Gasteiger charge is -1.86. The van der Waals surface area contributed by atoms with Crippen molar-refractivity contribution in [3.8, 4) is 0 Å². The van der Waals surface area contributed by atoms with Gasteiger partial charge in [-0.15, -0.1) is 13.2 Å². The van der Waals surface area contributed by atoms with Gasteiger partial charge in [0, 0.05) is 10.9 Å². The summed E-state index contributed by atoms with van der Waals surface area (Å²) in [5.74, 6) is 0.962. The first kappa shape index (κ1) is 24.3. The largest absolute Gasteiger partial charge is 0.456 e. The van der Waals surface area contributed by atoms with Gasteiger partial charge in [0.2, 0.25) is 0 Å². The summed E-state index contributed by atoms with van der Waals surface area (Å²) in [4.78, 5) is 0. The zero-order chi connectivity index (χ0) is 17.3. The summed E-state index contributed by atoms with van der Waals surface area (Å²) >= 11 is 0. The zero-order valence-corrected chi connectivity index (χ0v) is 15.3. The van der Waals surface area contributed by atoms with Crippen molar-refractivity contribution in [2.75, 3.05) is 0 Å². The second-order valence-electron chi connectivity index (χ2n) is 3.09. The van der Waals surface area contributed by atoms with Crippen molar-refractivity contribution in [3.63, 3.8) is 0 Å². The average molecular weight is 290 g/mol. The van der Waals surface area contributed by atoms with Gasteiger partial charge in [-0.3, -0.25) is 0 Å². The molecule has 1 aromatic carbocycles. The monoisotopic (exact) mass is 290 g/mol. The maximum atomic E-state index is 5.65. The van der Waals surface area contributed by atoms with E-state index in [1.54, 1.807) is 0 Å². The Morgan fingerprint density at radius 3 is 1.81 bits per heavy atom. The number of rotatable bonds is 1. The lowest BCUT2D eigenvalue weighted by atomic mass is 10.1. The van der Waals surface area contributed by atoms with Gasteiger partial charge < -0.3 is 4.42 Å². The van der Waals surface area contributed by atoms with Crippen molar-refractivity contribution >= 4 is 17.0 Å². The predicted octanol–water partition coefficient (Wildman–Crippen LogP) is 7.66. The molecule has 1 nitrogen and oxygen atoms in total. The molecule has 0 unspecified atom stereocenters. The van der Waals surface area contributed by atoms with Gasteiger partial charge in [-0.2, -0.15) is 0 Å². The van der Waals surface area contributed by atoms with E-state index < -0.39 is 0 Å². The van der Waals surface area contributed by atoms with Crippen LogP contribution in [0.25, 0.3) is 17.0 Å². The van der Waals surface area contributed by atoms with Gasteiger partial charge in [0.15, 0.2) is 0 Å². The third-order valence-corrected chi connectivity index (χ3v) is 2.20. The number of allylic oxidation sites excluding steroid dienone is 1. The van der Waals surface area contributed by atoms with Crippen molar-refractivity contribution in [2.45, 2.75) is 55.4 Å². The zero-order valence-electron chi connectivity index (χ0n) is 15.3. The Hall–Kier alpha value is -1.76. The Morgan fingerprint density at radius 1 is 0.905 bits per heavy atom. The summed E-state index contributed by atoms with van der Waals surface area (Å²) in [5, 5.41) is 1.20. The van der Waals surface area contributed by atoms with E-state index in [2.05, 4.69) is 26.1 Å². The number of aryl methyl sites for hydroxylation is 1. The van der Waals surface area contributed by atoms with Crippen LogP contribution in [0.3, 0.4) is 0 Å². The number of hydrogen-bond donors (Lipinski definition) is 0. The number of furan rings is 1. The normalized spacial score (nSPS) is 8.19. The van der Waals surface area contributed by atoms with Crippen LogP contribution in [0.5, 0.6) is 0 Å². The van der Waals surface area contributed by atoms with Crippen LogP contribution in [0.4, 0.5) is 0 Å². The molecule has 0 aliphatic heterocycles. The molecule has 2 rings (SSSR count). The maximum Gasteiger partial charge on any atom is 0.135 e. The fourth-order valence-electron chi connectivity index (χ4n) is 1.50. The fourth-order valence-corrected chi connectivity index (χ4v) is 1.50. The highest BCUT2D eigenvalue weighted by molar-refractivity contribution is 5.84. The summed E-state index contributed by atoms with van der Waals surface area (Å²) in [6, 6.07) is 8.10. The van der Waals surface area contributed by atoms with Crippen LogP contribution in [0.15, 0.2) is 47.9 Å². The summed E-state index contributed by atoms with van der Waals surface area (Å²) in [6.45, 7) is 22.1. The Kier molecular flexibility index (Phi) is 21.1. The molecule has 120 valence electrons. The molecule has 1 aromatic heterocycles. The molecule has 0 fully saturated rings. The molecule has 0 bridgehead atoms. The highest BCUT2D eigenvalue weighted by atomic mass is 16.3. The van der Waals surface area contributed by atoms with E-state index in [9.17, 15) is 0 Å². The van der Waals surface area contributed by atoms with Crippen molar-refractivity contribution in [1.29, 1.82) is 0 Å². The van der Waals surface area contributed by atoms with E-state index in [0.29, 0.717) is 0 Å². The lowest BCUT2D eigenvalue weighted by molar-refractivity contribution is 0.601. The van der Waals surface area contributed by atoms with E-state index in [1.165, 1.54) is 10.9 Å². The van der Waals surface area contributed by atoms with Gasteiger partial charge in [-0.25, -0.2) is 0 Å². The second-order valence-corrected chi connectivity index (χ2v) is 3.09. The van der Waals surface area contributed by atoms with Gasteiger partial charge in [0.05, 0.1) is 0 Å². The quantitative estimate of drug-likeness (QED) is 0.491. The molecule has 0 amide bonds. The number of benzene rings is 1. The lowest BCUT2D eigenvalue weighted by Crippen LogP contribution is -1.70. The summed E-state index contributed by atoms with van der Waals surface area (Å²) in [6.07, 6.45) is 3.99. The molecule has 0 saturated carbocycles. The first-order valence-electron chi connectivity index (χ1n) is 7.93. The smallest absolute Gasteiger partial charge is 0.135 e. The van der Waals surface area contributed by atoms with E-state index in [4.69, 9.17) is 4.42 Å². The summed E-state index contributed by atoms with van der Waals surface area (Å²) in [7, 11) is 0. The second kappa shape index (κ2) is 18.2. The Balaban J connectivity index is -0.000000353. The minimum absolute atomic E-state index is 0.962. The third-order valence-electron chi connectivity index (χ3n) is 2.20. The molecular formula is C20H34O. The van der Waals surface area contributed by atoms with Crippen LogP contribution < -0.4 is 0 Å². The Morgan fingerprint density at radius 2 is 1.38 bits per heavy atom. The standard InChI is InChI=1S/C12H12O.3C2H6.C2H4/c1-3-6-11-9(2)10-7-4-5-8-12(10)13-11;4*1-2/h3-8H,1-2H3;3*1-2H3;1-2H2/b6-3-;;;;. The molecule has 21 heavy (non-hydrogen) atoms. The molecule has 1 heterocycles. The van der Waals surface area contributed by atoms with Gasteiger partial charge >= 0.3 is 0 Å². The topological polar surface area (TPSA) is 13.1 Å². The Labute approximate surface area is 132 Å². The third kappa shape index (κ3) is 8.19. The Bertz CT molecular complexity index is 464. The molecule has 0 spiro atoms. The summed E-state index contributed by atoms with van der Waals surface area (Å²) < 4.78 is 5.65. The molecule has 0 radical (unpaired) electrons. The highest BCUT2D eigenvalue weighted by Crippen LogP contribution is 2.25. The van der Waals surface area contributed by atoms with Crippen LogP contribution in [-0.2, 0) is 0 Å². The van der Waals surface area contributed by atoms with Gasteiger partial charge in [0.25, 0.3) is 0 Å². The highest BCUT2D eigenvalue weighted by Gasteiger charge is 2.05. The van der Waals surface area contributed by atoms with Crippen molar-refractivity contribution in [3.05, 3.63) is 54.8 Å². The van der Waals surface area contributed by atoms with Crippen LogP contribution in [0, 0.1) is 6.92 Å². The van der Waals surface area contributed by atoms with E-state index in [0.717, 1.165) is 11.3 Å². The van der Waals surface area contributed by atoms with E-state index >= 15 is 0 Å². The first-order chi connectivity index (χ1) is 10.3. The summed E-state index contributed by atoms with van der Waals surface area (Å²) in [5.41, 5.74) is 2.18. The van der Waals surface area contributed by atoms with Gasteiger partial charge in [0.1, 0.15) is 11.3 Å². The molecule has 0 aliphatic rings. The van der Waals surface area contributed by atoms with Crippen LogP contribution in [0.2, 0.25) is 0 Å². The molecule has 0 saturated heterocycles. The number of para-hydroxylation sites is 1. The maximum absolute atomic E-state index is 5.65. The minimum Gasteiger partial charge on any atom is -0.456 e. The van der Waals surface area contributed by atoms with Crippen molar-refractivity contribution < 1.29 is 4.42 Å². The SMILES string of the molecule is C/C=C\c1oc2ccccc2c1C.C=C.CC.CC.CC. The molecule has 0 aliphatic carbocycles. The van der Waals surface area contributed by atoms with Crippen LogP contribution in [0.1, 0.15) is 59.8 Å². The van der Waals surface area contributed by atoms with Gasteiger partial charge in [-0.1, -0.05) is 65.8 Å². The van der Waals surface area contributed by atoms with E-state index in [-0.39, 0.29) is 0 Å². The number of fused-ring (bicyclic) bond motifs is 1. The average Bonchev–Trinajstić information content (AvgIpc) is 2.92. The minimum atomic E-state index is 0.962. The molecule has 0 atom stereocenters. The molecular weight excluding hydrogens is 256 g/mol. The first-order valence-corrected chi connectivity index (χ1v) is 7.93. The van der Waals surface area contributed by atoms with Crippen molar-refractivity contribution in [2.24, 2.45) is 0 Å². The van der Waals surface area contributed by atoms with Crippen molar-refractivity contribution in [1.82, 2.24) is 0 Å². The molecule has 2 aromatic rings. The van der Waals surface area contributed by atoms with Gasteiger partial charge in [-0.05, 0) is 26.0 Å². The van der Waals surface area contributed by atoms with Crippen LogP contribution >= 0.6 is 0 Å².